The first-order valence-electron chi connectivity index (χ1n) is 9.66. The van der Waals surface area contributed by atoms with Crippen LogP contribution in [0.25, 0.3) is 6.08 Å². The minimum Gasteiger partial charge on any atom is -0.465 e. The van der Waals surface area contributed by atoms with Crippen molar-refractivity contribution >= 4 is 46.2 Å². The van der Waals surface area contributed by atoms with Crippen LogP contribution < -0.4 is 5.32 Å². The molecule has 30 heavy (non-hydrogen) atoms. The number of nitrogens with one attached hydrogen (secondary N) is 1. The highest BCUT2D eigenvalue weighted by Crippen LogP contribution is 2.35. The lowest BCUT2D eigenvalue weighted by Crippen LogP contribution is -2.54. The molecule has 0 unspecified atom stereocenters. The second-order valence-electron chi connectivity index (χ2n) is 7.33. The Morgan fingerprint density at radius 1 is 1.27 bits per heavy atom. The van der Waals surface area contributed by atoms with Gasteiger partial charge in [0.25, 0.3) is 5.91 Å². The highest BCUT2D eigenvalue weighted by Gasteiger charge is 2.42. The maximum atomic E-state index is 13.1. The number of amides is 2. The number of hydrogen-bond acceptors (Lipinski definition) is 6. The van der Waals surface area contributed by atoms with Gasteiger partial charge in [-0.1, -0.05) is 68.2 Å². The van der Waals surface area contributed by atoms with E-state index >= 15 is 0 Å². The molecule has 3 rings (SSSR count). The molecule has 0 bridgehead atoms. The van der Waals surface area contributed by atoms with E-state index in [9.17, 15) is 14.7 Å². The fourth-order valence-corrected chi connectivity index (χ4v) is 4.60. The molecule has 0 saturated carbocycles. The third-order valence-corrected chi connectivity index (χ3v) is 6.04. The minimum atomic E-state index is -0.773. The number of thiocarbonyl (C=S) groups is 1. The number of furan rings is 1. The first kappa shape index (κ1) is 22.3. The van der Waals surface area contributed by atoms with Gasteiger partial charge in [-0.2, -0.15) is 0 Å². The van der Waals surface area contributed by atoms with E-state index in [-0.39, 0.29) is 24.3 Å². The maximum absolute atomic E-state index is 13.1. The molecular formula is C22H24N2O4S2. The van der Waals surface area contributed by atoms with Gasteiger partial charge in [0.2, 0.25) is 5.91 Å². The molecule has 0 radical (unpaired) electrons. The van der Waals surface area contributed by atoms with Crippen LogP contribution in [0, 0.1) is 5.92 Å². The molecule has 1 aromatic heterocycles. The molecule has 2 aromatic rings. The van der Waals surface area contributed by atoms with E-state index in [1.165, 1.54) is 11.2 Å². The Bertz CT molecular complexity index is 926. The minimum absolute atomic E-state index is 0.175. The molecule has 6 nitrogen and oxygen atoms in total. The van der Waals surface area contributed by atoms with Crippen molar-refractivity contribution in [1.82, 2.24) is 10.2 Å². The molecule has 2 N–H and O–H groups in total. The number of aliphatic hydroxyl groups is 1. The summed E-state index contributed by atoms with van der Waals surface area (Å²) in [5.74, 6) is -0.287. The Hall–Kier alpha value is -2.42. The summed E-state index contributed by atoms with van der Waals surface area (Å²) in [6.07, 6.45) is 3.64. The first-order chi connectivity index (χ1) is 14.4. The molecule has 1 fully saturated rings. The summed E-state index contributed by atoms with van der Waals surface area (Å²) in [6, 6.07) is 11.9. The van der Waals surface area contributed by atoms with E-state index < -0.39 is 12.1 Å². The lowest BCUT2D eigenvalue weighted by atomic mass is 10.00. The van der Waals surface area contributed by atoms with Gasteiger partial charge >= 0.3 is 0 Å². The molecule has 2 atom stereocenters. The van der Waals surface area contributed by atoms with E-state index in [2.05, 4.69) is 5.32 Å². The largest absolute Gasteiger partial charge is 0.465 e. The Morgan fingerprint density at radius 3 is 2.60 bits per heavy atom. The second-order valence-corrected chi connectivity index (χ2v) is 9.01. The third kappa shape index (κ3) is 5.19. The summed E-state index contributed by atoms with van der Waals surface area (Å²) < 4.78 is 5.61. The zero-order valence-electron chi connectivity index (χ0n) is 16.8. The normalized spacial score (nSPS) is 17.6. The molecule has 0 spiro atoms. The van der Waals surface area contributed by atoms with Gasteiger partial charge in [-0.15, -0.1) is 0 Å². The van der Waals surface area contributed by atoms with Crippen molar-refractivity contribution in [3.63, 3.8) is 0 Å². The van der Waals surface area contributed by atoms with Crippen molar-refractivity contribution in [2.75, 3.05) is 6.61 Å². The van der Waals surface area contributed by atoms with Crippen molar-refractivity contribution in [2.24, 2.45) is 5.92 Å². The molecule has 158 valence electrons. The van der Waals surface area contributed by atoms with Crippen LogP contribution in [0.15, 0.2) is 58.1 Å². The van der Waals surface area contributed by atoms with Gasteiger partial charge in [-0.25, -0.2) is 0 Å². The zero-order chi connectivity index (χ0) is 21.7. The van der Waals surface area contributed by atoms with E-state index in [1.807, 2.05) is 44.2 Å². The quantitative estimate of drug-likeness (QED) is 0.481. The predicted octanol–water partition coefficient (Wildman–Crippen LogP) is 3.23. The standard InChI is InChI=1S/C22H24N2O4S2/c1-14(2)19(20(26)23-16(13-25)11-15-7-4-3-5-8-15)24-21(27)18(30-22(24)29)12-17-9-6-10-28-17/h3-10,12,14,16,19,25H,11,13H2,1-2H3,(H,23,26)/b18-12-/t16-,19-/m1/s1. The van der Waals surface area contributed by atoms with Crippen LogP contribution in [0.4, 0.5) is 0 Å². The molecule has 8 heteroatoms. The number of aliphatic hydroxyl groups excluding tert-OH is 1. The Balaban J connectivity index is 1.76. The number of hydrogen-bond donors (Lipinski definition) is 2. The van der Waals surface area contributed by atoms with E-state index in [0.29, 0.717) is 21.4 Å². The molecule has 1 aromatic carbocycles. The third-order valence-electron chi connectivity index (χ3n) is 4.71. The summed E-state index contributed by atoms with van der Waals surface area (Å²) in [5.41, 5.74) is 1.00. The summed E-state index contributed by atoms with van der Waals surface area (Å²) in [6.45, 7) is 3.52. The van der Waals surface area contributed by atoms with Gasteiger partial charge in [0, 0.05) is 6.08 Å². The predicted molar refractivity (Wildman–Crippen MR) is 122 cm³/mol. The van der Waals surface area contributed by atoms with Gasteiger partial charge in [-0.3, -0.25) is 14.5 Å². The van der Waals surface area contributed by atoms with Crippen LogP contribution in [0.5, 0.6) is 0 Å². The van der Waals surface area contributed by atoms with Gasteiger partial charge in [0.15, 0.2) is 0 Å². The van der Waals surface area contributed by atoms with Gasteiger partial charge in [-0.05, 0) is 30.0 Å². The second kappa shape index (κ2) is 10.1. The van der Waals surface area contributed by atoms with Gasteiger partial charge < -0.3 is 14.8 Å². The number of rotatable bonds is 8. The summed E-state index contributed by atoms with van der Waals surface area (Å²) in [7, 11) is 0. The number of thioether (sulfide) groups is 1. The lowest BCUT2D eigenvalue weighted by molar-refractivity contribution is -0.134. The molecule has 2 amide bonds. The maximum Gasteiger partial charge on any atom is 0.267 e. The fourth-order valence-electron chi connectivity index (χ4n) is 3.29. The number of nitrogens with zero attached hydrogens (tertiary/aromatic N) is 1. The highest BCUT2D eigenvalue weighted by atomic mass is 32.2. The van der Waals surface area contributed by atoms with Crippen molar-refractivity contribution in [3.05, 3.63) is 65.0 Å². The van der Waals surface area contributed by atoms with E-state index in [4.69, 9.17) is 16.6 Å². The molecular weight excluding hydrogens is 420 g/mol. The monoisotopic (exact) mass is 444 g/mol. The SMILES string of the molecule is CC(C)[C@H](C(=O)N[C@@H](CO)Cc1ccccc1)N1C(=O)/C(=C/c2ccco2)SC1=S. The smallest absolute Gasteiger partial charge is 0.267 e. The van der Waals surface area contributed by atoms with Gasteiger partial charge in [0.05, 0.1) is 23.8 Å². The Labute approximate surface area is 185 Å². The van der Waals surface area contributed by atoms with Crippen LogP contribution in [0.3, 0.4) is 0 Å². The zero-order valence-corrected chi connectivity index (χ0v) is 18.4. The molecule has 1 aliphatic heterocycles. The lowest BCUT2D eigenvalue weighted by Gasteiger charge is -2.30. The molecule has 2 heterocycles. The van der Waals surface area contributed by atoms with Crippen molar-refractivity contribution in [3.8, 4) is 0 Å². The average molecular weight is 445 g/mol. The van der Waals surface area contributed by atoms with E-state index in [1.54, 1.807) is 18.2 Å². The highest BCUT2D eigenvalue weighted by molar-refractivity contribution is 8.26. The van der Waals surface area contributed by atoms with Gasteiger partial charge in [0.1, 0.15) is 16.1 Å². The number of benzene rings is 1. The summed E-state index contributed by atoms with van der Waals surface area (Å²) in [4.78, 5) is 27.9. The number of carbonyl (C=O) groups is 2. The van der Waals surface area contributed by atoms with Crippen molar-refractivity contribution in [2.45, 2.75) is 32.4 Å². The van der Waals surface area contributed by atoms with Crippen LogP contribution in [-0.2, 0) is 16.0 Å². The number of carbonyl (C=O) groups excluding carboxylic acids is 2. The molecule has 1 aliphatic rings. The summed E-state index contributed by atoms with van der Waals surface area (Å²) >= 11 is 6.57. The average Bonchev–Trinajstić information content (AvgIpc) is 3.32. The van der Waals surface area contributed by atoms with Crippen LogP contribution >= 0.6 is 24.0 Å². The Kier molecular flexibility index (Phi) is 7.47. The van der Waals surface area contributed by atoms with Crippen LogP contribution in [-0.4, -0.2) is 44.8 Å². The van der Waals surface area contributed by atoms with Crippen molar-refractivity contribution < 1.29 is 19.1 Å². The topological polar surface area (TPSA) is 82.8 Å². The molecule has 0 aliphatic carbocycles. The first-order valence-corrected chi connectivity index (χ1v) is 10.9. The van der Waals surface area contributed by atoms with Crippen LogP contribution in [0.1, 0.15) is 25.2 Å². The Morgan fingerprint density at radius 2 is 2.00 bits per heavy atom. The molecule has 1 saturated heterocycles. The van der Waals surface area contributed by atoms with Crippen LogP contribution in [0.2, 0.25) is 0 Å². The van der Waals surface area contributed by atoms with E-state index in [0.717, 1.165) is 17.3 Å². The summed E-state index contributed by atoms with van der Waals surface area (Å²) in [5, 5.41) is 12.7. The fraction of sp³-hybridized carbons (Fsp3) is 0.318. The van der Waals surface area contributed by atoms with Crippen molar-refractivity contribution in [1.29, 1.82) is 0 Å².